The molecule has 0 atom stereocenters. The number of rotatable bonds is 4. The van der Waals surface area contributed by atoms with Gasteiger partial charge in [-0.2, -0.15) is 0 Å². The van der Waals surface area contributed by atoms with Crippen molar-refractivity contribution in [2.75, 3.05) is 13.2 Å². The second-order valence-electron chi connectivity index (χ2n) is 4.24. The molecule has 0 aliphatic heterocycles. The molecule has 0 saturated carbocycles. The van der Waals surface area contributed by atoms with Gasteiger partial charge in [0.25, 0.3) is 5.91 Å². The van der Waals surface area contributed by atoms with Gasteiger partial charge in [0.2, 0.25) is 0 Å². The molecule has 0 saturated heterocycles. The van der Waals surface area contributed by atoms with Gasteiger partial charge < -0.3 is 10.4 Å². The zero-order valence-corrected chi connectivity index (χ0v) is 11.3. The smallest absolute Gasteiger partial charge is 0.253 e. The fourth-order valence-electron chi connectivity index (χ4n) is 0.966. The average Bonchev–Trinajstić information content (AvgIpc) is 2.54. The van der Waals surface area contributed by atoms with Crippen molar-refractivity contribution in [1.82, 2.24) is 5.32 Å². The highest BCUT2D eigenvalue weighted by Gasteiger charge is 2.20. The third-order valence-corrected chi connectivity index (χ3v) is 3.54. The van der Waals surface area contributed by atoms with Crippen LogP contribution in [-0.4, -0.2) is 24.2 Å². The Labute approximate surface area is 108 Å². The van der Waals surface area contributed by atoms with Crippen LogP contribution in [0.3, 0.4) is 0 Å². The van der Waals surface area contributed by atoms with E-state index in [9.17, 15) is 4.79 Å². The van der Waals surface area contributed by atoms with E-state index in [1.54, 1.807) is 0 Å². The third-order valence-electron chi connectivity index (χ3n) is 2.06. The highest BCUT2D eigenvalue weighted by atomic mass is 35.5. The number of thiophene rings is 1. The normalized spacial score (nSPS) is 11.6. The Balaban J connectivity index is 2.63. The van der Waals surface area contributed by atoms with Gasteiger partial charge in [0.1, 0.15) is 4.34 Å². The van der Waals surface area contributed by atoms with Crippen LogP contribution in [0.4, 0.5) is 0 Å². The fraction of sp³-hybridized carbons (Fsp3) is 0.500. The quantitative estimate of drug-likeness (QED) is 0.892. The van der Waals surface area contributed by atoms with Gasteiger partial charge in [-0.25, -0.2) is 0 Å². The summed E-state index contributed by atoms with van der Waals surface area (Å²) in [6, 6.07) is 1.54. The summed E-state index contributed by atoms with van der Waals surface area (Å²) in [5.41, 5.74) is 0.0347. The van der Waals surface area contributed by atoms with Crippen molar-refractivity contribution < 1.29 is 9.90 Å². The predicted molar refractivity (Wildman–Crippen MR) is 67.5 cm³/mol. The number of nitrogens with one attached hydrogen (secondary N) is 1. The molecular formula is C10H13Cl2NO2S. The number of hydrogen-bond donors (Lipinski definition) is 2. The standard InChI is InChI=1S/C10H13Cl2NO2S/c1-10(2,5-14)4-13-9(15)6-3-7(11)16-8(6)12/h3,14H,4-5H2,1-2H3,(H,13,15). The average molecular weight is 282 g/mol. The molecule has 3 nitrogen and oxygen atoms in total. The number of hydrogen-bond acceptors (Lipinski definition) is 3. The number of halogens is 2. The zero-order valence-electron chi connectivity index (χ0n) is 9.01. The SMILES string of the molecule is CC(C)(CO)CNC(=O)c1cc(Cl)sc1Cl. The maximum atomic E-state index is 11.7. The molecule has 0 bridgehead atoms. The molecule has 90 valence electrons. The molecule has 0 fully saturated rings. The van der Waals surface area contributed by atoms with E-state index in [0.29, 0.717) is 20.8 Å². The molecule has 1 amide bonds. The van der Waals surface area contributed by atoms with Gasteiger partial charge in [-0.1, -0.05) is 37.0 Å². The van der Waals surface area contributed by atoms with Gasteiger partial charge in [-0.05, 0) is 6.07 Å². The predicted octanol–water partition coefficient (Wildman–Crippen LogP) is 2.80. The summed E-state index contributed by atoms with van der Waals surface area (Å²) < 4.78 is 0.862. The van der Waals surface area contributed by atoms with Crippen LogP contribution >= 0.6 is 34.5 Å². The topological polar surface area (TPSA) is 49.3 Å². The Morgan fingerprint density at radius 1 is 1.56 bits per heavy atom. The van der Waals surface area contributed by atoms with Crippen LogP contribution in [0.2, 0.25) is 8.67 Å². The summed E-state index contributed by atoms with van der Waals surface area (Å²) in [6.45, 7) is 4.10. The first-order chi connectivity index (χ1) is 7.35. The Hall–Kier alpha value is -0.290. The van der Waals surface area contributed by atoms with Crippen molar-refractivity contribution in [3.63, 3.8) is 0 Å². The maximum absolute atomic E-state index is 11.7. The molecular weight excluding hydrogens is 269 g/mol. The van der Waals surface area contributed by atoms with Crippen molar-refractivity contribution in [2.45, 2.75) is 13.8 Å². The molecule has 1 heterocycles. The lowest BCUT2D eigenvalue weighted by atomic mass is 9.95. The summed E-state index contributed by atoms with van der Waals surface area (Å²) in [4.78, 5) is 11.7. The summed E-state index contributed by atoms with van der Waals surface area (Å²) in [6.07, 6.45) is 0. The highest BCUT2D eigenvalue weighted by Crippen LogP contribution is 2.31. The van der Waals surface area contributed by atoms with E-state index in [1.807, 2.05) is 13.8 Å². The van der Waals surface area contributed by atoms with Gasteiger partial charge in [0.15, 0.2) is 0 Å². The van der Waals surface area contributed by atoms with E-state index in [-0.39, 0.29) is 17.9 Å². The Morgan fingerprint density at radius 3 is 2.62 bits per heavy atom. The Kier molecular flexibility index (Phi) is 4.62. The highest BCUT2D eigenvalue weighted by molar-refractivity contribution is 7.20. The van der Waals surface area contributed by atoms with Crippen LogP contribution in [0.25, 0.3) is 0 Å². The van der Waals surface area contributed by atoms with Crippen LogP contribution in [0.15, 0.2) is 6.07 Å². The summed E-state index contributed by atoms with van der Waals surface area (Å²) in [7, 11) is 0. The van der Waals surface area contributed by atoms with Gasteiger partial charge in [0, 0.05) is 18.6 Å². The first-order valence-corrected chi connectivity index (χ1v) is 6.27. The summed E-state index contributed by atoms with van der Waals surface area (Å²) >= 11 is 12.7. The van der Waals surface area contributed by atoms with Gasteiger partial charge >= 0.3 is 0 Å². The largest absolute Gasteiger partial charge is 0.396 e. The van der Waals surface area contributed by atoms with Crippen molar-refractivity contribution in [2.24, 2.45) is 5.41 Å². The monoisotopic (exact) mass is 281 g/mol. The first-order valence-electron chi connectivity index (χ1n) is 4.69. The van der Waals surface area contributed by atoms with Gasteiger partial charge in [-0.3, -0.25) is 4.79 Å². The van der Waals surface area contributed by atoms with Crippen LogP contribution in [-0.2, 0) is 0 Å². The van der Waals surface area contributed by atoms with Crippen LogP contribution in [0.1, 0.15) is 24.2 Å². The maximum Gasteiger partial charge on any atom is 0.253 e. The van der Waals surface area contributed by atoms with Crippen molar-refractivity contribution in [3.8, 4) is 0 Å². The molecule has 1 aromatic heterocycles. The molecule has 1 aromatic rings. The van der Waals surface area contributed by atoms with Gasteiger partial charge in [-0.15, -0.1) is 11.3 Å². The molecule has 2 N–H and O–H groups in total. The number of amides is 1. The summed E-state index contributed by atoms with van der Waals surface area (Å²) in [5, 5.41) is 11.7. The molecule has 6 heteroatoms. The molecule has 0 radical (unpaired) electrons. The number of carbonyl (C=O) groups is 1. The fourth-order valence-corrected chi connectivity index (χ4v) is 2.42. The van der Waals surface area contributed by atoms with E-state index in [2.05, 4.69) is 5.32 Å². The molecule has 0 aliphatic rings. The van der Waals surface area contributed by atoms with E-state index in [1.165, 1.54) is 6.07 Å². The second-order valence-corrected chi connectivity index (χ2v) is 6.53. The molecule has 0 aromatic carbocycles. The lowest BCUT2D eigenvalue weighted by Gasteiger charge is -2.21. The minimum absolute atomic E-state index is 0.00536. The Bertz CT molecular complexity index is 390. The van der Waals surface area contributed by atoms with Crippen LogP contribution < -0.4 is 5.32 Å². The second kappa shape index (κ2) is 5.36. The van der Waals surface area contributed by atoms with Crippen molar-refractivity contribution in [3.05, 3.63) is 20.3 Å². The Morgan fingerprint density at radius 2 is 2.19 bits per heavy atom. The number of carbonyl (C=O) groups excluding carboxylic acids is 1. The molecule has 1 rings (SSSR count). The third kappa shape index (κ3) is 3.63. The van der Waals surface area contributed by atoms with Crippen molar-refractivity contribution in [1.29, 1.82) is 0 Å². The zero-order chi connectivity index (χ0) is 12.3. The molecule has 0 spiro atoms. The van der Waals surface area contributed by atoms with Crippen LogP contribution in [0.5, 0.6) is 0 Å². The van der Waals surface area contributed by atoms with Gasteiger partial charge in [0.05, 0.1) is 9.90 Å². The van der Waals surface area contributed by atoms with E-state index >= 15 is 0 Å². The van der Waals surface area contributed by atoms with E-state index in [0.717, 1.165) is 11.3 Å². The molecule has 0 unspecified atom stereocenters. The first kappa shape index (κ1) is 13.8. The minimum Gasteiger partial charge on any atom is -0.396 e. The van der Waals surface area contributed by atoms with Crippen LogP contribution in [0, 0.1) is 5.41 Å². The van der Waals surface area contributed by atoms with E-state index in [4.69, 9.17) is 28.3 Å². The van der Waals surface area contributed by atoms with Crippen molar-refractivity contribution >= 4 is 40.4 Å². The molecule has 16 heavy (non-hydrogen) atoms. The lowest BCUT2D eigenvalue weighted by molar-refractivity contribution is 0.0911. The summed E-state index contributed by atoms with van der Waals surface area (Å²) in [5.74, 6) is -0.269. The minimum atomic E-state index is -0.345. The lowest BCUT2D eigenvalue weighted by Crippen LogP contribution is -2.35. The van der Waals surface area contributed by atoms with E-state index < -0.39 is 0 Å². The number of aliphatic hydroxyl groups is 1. The molecule has 0 aliphatic carbocycles. The number of aliphatic hydroxyl groups excluding tert-OH is 1.